The van der Waals surface area contributed by atoms with Gasteiger partial charge in [-0.3, -0.25) is 4.57 Å². The highest BCUT2D eigenvalue weighted by Gasteiger charge is 2.10. The Morgan fingerprint density at radius 2 is 2.10 bits per heavy atom. The Kier molecular flexibility index (Phi) is 3.48. The molecule has 20 heavy (non-hydrogen) atoms. The Labute approximate surface area is 117 Å². The summed E-state index contributed by atoms with van der Waals surface area (Å²) in [6.45, 7) is 2.07. The third-order valence-electron chi connectivity index (χ3n) is 3.35. The van der Waals surface area contributed by atoms with E-state index < -0.39 is 0 Å². The second-order valence-electron chi connectivity index (χ2n) is 4.78. The number of aliphatic hydroxyl groups excluding tert-OH is 1. The van der Waals surface area contributed by atoms with Crippen molar-refractivity contribution >= 4 is 10.8 Å². The summed E-state index contributed by atoms with van der Waals surface area (Å²) in [5.41, 5.74) is 0.676. The molecule has 102 valence electrons. The molecular weight excluding hydrogens is 250 g/mol. The standard InChI is InChI=1S/C16H17N3O/c1-2-5-15-17-8-9-19(15)16-14-7-4-3-6-12(14)10-13(11-20)18-16/h3-4,6-10,20H,2,5,11H2,1H3. The van der Waals surface area contributed by atoms with Crippen LogP contribution in [0.15, 0.2) is 42.7 Å². The first-order chi connectivity index (χ1) is 9.83. The lowest BCUT2D eigenvalue weighted by Gasteiger charge is -2.11. The third-order valence-corrected chi connectivity index (χ3v) is 3.35. The first kappa shape index (κ1) is 12.8. The highest BCUT2D eigenvalue weighted by atomic mass is 16.3. The zero-order valence-corrected chi connectivity index (χ0v) is 11.5. The van der Waals surface area contributed by atoms with Gasteiger partial charge in [-0.15, -0.1) is 0 Å². The predicted octanol–water partition coefficient (Wildman–Crippen LogP) is 2.87. The van der Waals surface area contributed by atoms with Crippen LogP contribution in [-0.4, -0.2) is 19.6 Å². The molecule has 0 spiro atoms. The Morgan fingerprint density at radius 3 is 2.90 bits per heavy atom. The van der Waals surface area contributed by atoms with E-state index in [0.717, 1.165) is 35.3 Å². The molecule has 0 saturated carbocycles. The van der Waals surface area contributed by atoms with Crippen molar-refractivity contribution in [2.24, 2.45) is 0 Å². The number of hydrogen-bond acceptors (Lipinski definition) is 3. The number of fused-ring (bicyclic) bond motifs is 1. The number of pyridine rings is 1. The summed E-state index contributed by atoms with van der Waals surface area (Å²) in [5, 5.41) is 11.6. The van der Waals surface area contributed by atoms with Crippen LogP contribution in [0.3, 0.4) is 0 Å². The maximum absolute atomic E-state index is 9.40. The molecule has 3 rings (SSSR count). The van der Waals surface area contributed by atoms with Gasteiger partial charge in [-0.05, 0) is 17.9 Å². The molecule has 0 fully saturated rings. The number of hydrogen-bond donors (Lipinski definition) is 1. The van der Waals surface area contributed by atoms with Gasteiger partial charge >= 0.3 is 0 Å². The lowest BCUT2D eigenvalue weighted by Crippen LogP contribution is -2.05. The van der Waals surface area contributed by atoms with Gasteiger partial charge < -0.3 is 5.11 Å². The lowest BCUT2D eigenvalue weighted by atomic mass is 10.1. The summed E-state index contributed by atoms with van der Waals surface area (Å²) in [5.74, 6) is 1.84. The predicted molar refractivity (Wildman–Crippen MR) is 78.8 cm³/mol. The summed E-state index contributed by atoms with van der Waals surface area (Å²) >= 11 is 0. The van der Waals surface area contributed by atoms with E-state index in [9.17, 15) is 5.11 Å². The smallest absolute Gasteiger partial charge is 0.146 e. The average molecular weight is 267 g/mol. The van der Waals surface area contributed by atoms with Crippen LogP contribution in [0.2, 0.25) is 0 Å². The molecule has 2 heterocycles. The number of aliphatic hydroxyl groups is 1. The highest BCUT2D eigenvalue weighted by molar-refractivity contribution is 5.88. The van der Waals surface area contributed by atoms with Crippen LogP contribution in [0.5, 0.6) is 0 Å². The first-order valence-corrected chi connectivity index (χ1v) is 6.85. The van der Waals surface area contributed by atoms with Crippen molar-refractivity contribution in [1.29, 1.82) is 0 Å². The molecule has 4 nitrogen and oxygen atoms in total. The molecule has 1 N–H and O–H groups in total. The van der Waals surface area contributed by atoms with Crippen LogP contribution in [0, 0.1) is 0 Å². The quantitative estimate of drug-likeness (QED) is 0.790. The maximum Gasteiger partial charge on any atom is 0.146 e. The van der Waals surface area contributed by atoms with Crippen molar-refractivity contribution in [2.45, 2.75) is 26.4 Å². The molecule has 1 aromatic carbocycles. The molecule has 0 aliphatic rings. The number of imidazole rings is 1. The van der Waals surface area contributed by atoms with Crippen LogP contribution in [0.1, 0.15) is 24.9 Å². The Morgan fingerprint density at radius 1 is 1.25 bits per heavy atom. The highest BCUT2D eigenvalue weighted by Crippen LogP contribution is 2.23. The molecular formula is C16H17N3O. The van der Waals surface area contributed by atoms with Gasteiger partial charge in [0.25, 0.3) is 0 Å². The molecule has 0 atom stereocenters. The van der Waals surface area contributed by atoms with E-state index in [-0.39, 0.29) is 6.61 Å². The lowest BCUT2D eigenvalue weighted by molar-refractivity contribution is 0.277. The van der Waals surface area contributed by atoms with Crippen molar-refractivity contribution in [3.05, 3.63) is 54.2 Å². The van der Waals surface area contributed by atoms with Crippen molar-refractivity contribution in [1.82, 2.24) is 14.5 Å². The molecule has 0 aliphatic carbocycles. The molecule has 0 radical (unpaired) electrons. The topological polar surface area (TPSA) is 50.9 Å². The van der Waals surface area contributed by atoms with Gasteiger partial charge in [-0.1, -0.05) is 31.2 Å². The van der Waals surface area contributed by atoms with E-state index in [4.69, 9.17) is 0 Å². The van der Waals surface area contributed by atoms with Crippen LogP contribution in [-0.2, 0) is 13.0 Å². The second-order valence-corrected chi connectivity index (χ2v) is 4.78. The minimum absolute atomic E-state index is 0.0599. The minimum atomic E-state index is -0.0599. The van der Waals surface area contributed by atoms with Crippen LogP contribution in [0.25, 0.3) is 16.6 Å². The number of rotatable bonds is 4. The Hall–Kier alpha value is -2.20. The van der Waals surface area contributed by atoms with Crippen molar-refractivity contribution in [3.63, 3.8) is 0 Å². The fourth-order valence-corrected chi connectivity index (χ4v) is 2.43. The number of aromatic nitrogens is 3. The summed E-state index contributed by atoms with van der Waals surface area (Å²) in [6, 6.07) is 10.0. The molecule has 0 aliphatic heterocycles. The summed E-state index contributed by atoms with van der Waals surface area (Å²) < 4.78 is 2.02. The fraction of sp³-hybridized carbons (Fsp3) is 0.250. The summed E-state index contributed by atoms with van der Waals surface area (Å²) in [7, 11) is 0. The normalized spacial score (nSPS) is 11.1. The minimum Gasteiger partial charge on any atom is -0.390 e. The molecule has 0 amide bonds. The zero-order chi connectivity index (χ0) is 13.9. The van der Waals surface area contributed by atoms with Gasteiger partial charge in [0.05, 0.1) is 12.3 Å². The van der Waals surface area contributed by atoms with Gasteiger partial charge in [0.15, 0.2) is 0 Å². The van der Waals surface area contributed by atoms with Crippen molar-refractivity contribution in [3.8, 4) is 5.82 Å². The SMILES string of the molecule is CCCc1nccn1-c1nc(CO)cc2ccccc12. The third kappa shape index (κ3) is 2.18. The fourth-order valence-electron chi connectivity index (χ4n) is 2.43. The molecule has 0 bridgehead atoms. The van der Waals surface area contributed by atoms with E-state index in [1.807, 2.05) is 35.0 Å². The monoisotopic (exact) mass is 267 g/mol. The van der Waals surface area contributed by atoms with E-state index in [1.54, 1.807) is 6.20 Å². The first-order valence-electron chi connectivity index (χ1n) is 6.85. The van der Waals surface area contributed by atoms with Crippen molar-refractivity contribution < 1.29 is 5.11 Å². The van der Waals surface area contributed by atoms with Crippen LogP contribution >= 0.6 is 0 Å². The van der Waals surface area contributed by atoms with Gasteiger partial charge in [-0.25, -0.2) is 9.97 Å². The average Bonchev–Trinajstić information content (AvgIpc) is 2.94. The van der Waals surface area contributed by atoms with Crippen LogP contribution in [0.4, 0.5) is 0 Å². The molecule has 3 aromatic rings. The zero-order valence-electron chi connectivity index (χ0n) is 11.5. The van der Waals surface area contributed by atoms with Gasteiger partial charge in [0.2, 0.25) is 0 Å². The number of benzene rings is 1. The Bertz CT molecular complexity index is 733. The number of aryl methyl sites for hydroxylation is 1. The Balaban J connectivity index is 2.26. The largest absolute Gasteiger partial charge is 0.390 e. The molecule has 2 aromatic heterocycles. The number of nitrogens with zero attached hydrogens (tertiary/aromatic N) is 3. The van der Waals surface area contributed by atoms with Gasteiger partial charge in [0, 0.05) is 24.2 Å². The maximum atomic E-state index is 9.40. The molecule has 0 saturated heterocycles. The molecule has 4 heteroatoms. The van der Waals surface area contributed by atoms with E-state index in [1.165, 1.54) is 0 Å². The second kappa shape index (κ2) is 5.43. The van der Waals surface area contributed by atoms with E-state index >= 15 is 0 Å². The van der Waals surface area contributed by atoms with Gasteiger partial charge in [0.1, 0.15) is 11.6 Å². The van der Waals surface area contributed by atoms with E-state index in [2.05, 4.69) is 23.0 Å². The summed E-state index contributed by atoms with van der Waals surface area (Å²) in [6.07, 6.45) is 5.68. The van der Waals surface area contributed by atoms with Gasteiger partial charge in [-0.2, -0.15) is 0 Å². The van der Waals surface area contributed by atoms with Crippen molar-refractivity contribution in [2.75, 3.05) is 0 Å². The summed E-state index contributed by atoms with van der Waals surface area (Å²) in [4.78, 5) is 8.98. The van der Waals surface area contributed by atoms with E-state index in [0.29, 0.717) is 5.69 Å². The molecule has 0 unspecified atom stereocenters. The van der Waals surface area contributed by atoms with Crippen LogP contribution < -0.4 is 0 Å².